The smallest absolute Gasteiger partial charge is 0.263 e. The first-order valence-corrected chi connectivity index (χ1v) is 13.5. The SMILES string of the molecule is C[C@H]1Cc2ccccc2N1C(=O)CSc1nc2sc3c(c2c(=O)n1Cc1ccccc1)CCC3. The number of aryl methyl sites for hydroxylation is 2. The zero-order valence-corrected chi connectivity index (χ0v) is 20.6. The molecular formula is C27H25N3O2S2. The van der Waals surface area contributed by atoms with Crippen LogP contribution < -0.4 is 10.5 Å². The van der Waals surface area contributed by atoms with Crippen LogP contribution in [0.4, 0.5) is 5.69 Å². The van der Waals surface area contributed by atoms with E-state index in [1.807, 2.05) is 53.4 Å². The molecule has 172 valence electrons. The lowest BCUT2D eigenvalue weighted by atomic mass is 10.1. The molecule has 2 aromatic carbocycles. The third-order valence-electron chi connectivity index (χ3n) is 6.77. The van der Waals surface area contributed by atoms with Crippen molar-refractivity contribution in [3.8, 4) is 0 Å². The molecule has 1 amide bonds. The number of anilines is 1. The van der Waals surface area contributed by atoms with Crippen LogP contribution in [0.25, 0.3) is 10.2 Å². The summed E-state index contributed by atoms with van der Waals surface area (Å²) in [5.41, 5.74) is 4.47. The highest BCUT2D eigenvalue weighted by Gasteiger charge is 2.31. The van der Waals surface area contributed by atoms with Crippen LogP contribution in [0.5, 0.6) is 0 Å². The van der Waals surface area contributed by atoms with Crippen LogP contribution in [0.3, 0.4) is 0 Å². The molecule has 7 heteroatoms. The molecule has 0 spiro atoms. The Kier molecular flexibility index (Phi) is 5.54. The van der Waals surface area contributed by atoms with Gasteiger partial charge in [-0.05, 0) is 55.4 Å². The van der Waals surface area contributed by atoms with Crippen molar-refractivity contribution in [1.82, 2.24) is 9.55 Å². The second-order valence-electron chi connectivity index (χ2n) is 9.04. The number of para-hydroxylation sites is 1. The lowest BCUT2D eigenvalue weighted by molar-refractivity contribution is -0.116. The molecule has 2 aliphatic rings. The molecule has 34 heavy (non-hydrogen) atoms. The molecule has 6 rings (SSSR count). The molecule has 0 bridgehead atoms. The fraction of sp³-hybridized carbons (Fsp3) is 0.296. The van der Waals surface area contributed by atoms with Gasteiger partial charge in [-0.1, -0.05) is 60.3 Å². The summed E-state index contributed by atoms with van der Waals surface area (Å²) < 4.78 is 1.77. The van der Waals surface area contributed by atoms with E-state index >= 15 is 0 Å². The van der Waals surface area contributed by atoms with Gasteiger partial charge in [0.1, 0.15) is 4.83 Å². The van der Waals surface area contributed by atoms with Crippen molar-refractivity contribution in [2.75, 3.05) is 10.7 Å². The molecule has 0 unspecified atom stereocenters. The van der Waals surface area contributed by atoms with Crippen molar-refractivity contribution in [2.24, 2.45) is 0 Å². The van der Waals surface area contributed by atoms with Gasteiger partial charge in [0.05, 0.1) is 17.7 Å². The van der Waals surface area contributed by atoms with Crippen molar-refractivity contribution in [2.45, 2.75) is 50.4 Å². The summed E-state index contributed by atoms with van der Waals surface area (Å²) in [7, 11) is 0. The number of amides is 1. The summed E-state index contributed by atoms with van der Waals surface area (Å²) in [6.07, 6.45) is 3.96. The summed E-state index contributed by atoms with van der Waals surface area (Å²) in [5.74, 6) is 0.299. The van der Waals surface area contributed by atoms with Crippen LogP contribution in [-0.4, -0.2) is 27.3 Å². The van der Waals surface area contributed by atoms with Crippen LogP contribution in [-0.2, 0) is 30.6 Å². The normalized spacial score (nSPS) is 16.7. The van der Waals surface area contributed by atoms with Gasteiger partial charge in [0.2, 0.25) is 5.91 Å². The second-order valence-corrected chi connectivity index (χ2v) is 11.1. The Morgan fingerprint density at radius 3 is 2.76 bits per heavy atom. The van der Waals surface area contributed by atoms with E-state index in [0.29, 0.717) is 11.7 Å². The van der Waals surface area contributed by atoms with Gasteiger partial charge < -0.3 is 4.90 Å². The second kappa shape index (κ2) is 8.71. The van der Waals surface area contributed by atoms with Crippen molar-refractivity contribution in [1.29, 1.82) is 0 Å². The fourth-order valence-corrected chi connectivity index (χ4v) is 7.38. The number of thioether (sulfide) groups is 1. The van der Waals surface area contributed by atoms with Gasteiger partial charge in [-0.3, -0.25) is 14.2 Å². The lowest BCUT2D eigenvalue weighted by Crippen LogP contribution is -2.37. The van der Waals surface area contributed by atoms with E-state index in [2.05, 4.69) is 13.0 Å². The van der Waals surface area contributed by atoms with Crippen LogP contribution >= 0.6 is 23.1 Å². The summed E-state index contributed by atoms with van der Waals surface area (Å²) in [6, 6.07) is 18.2. The molecule has 0 radical (unpaired) electrons. The minimum Gasteiger partial charge on any atom is -0.308 e. The fourth-order valence-electron chi connectivity index (χ4n) is 5.22. The average Bonchev–Trinajstić information content (AvgIpc) is 3.52. The number of aromatic nitrogens is 2. The van der Waals surface area contributed by atoms with Gasteiger partial charge in [-0.25, -0.2) is 4.98 Å². The minimum absolute atomic E-state index is 0.0167. The molecule has 4 aromatic rings. The first-order valence-electron chi connectivity index (χ1n) is 11.7. The molecule has 1 aliphatic heterocycles. The molecular weight excluding hydrogens is 462 g/mol. The quantitative estimate of drug-likeness (QED) is 0.292. The number of hydrogen-bond acceptors (Lipinski definition) is 5. The molecule has 0 fully saturated rings. The van der Waals surface area contributed by atoms with Crippen molar-refractivity contribution >= 4 is 44.9 Å². The highest BCUT2D eigenvalue weighted by Crippen LogP contribution is 2.36. The van der Waals surface area contributed by atoms with E-state index in [1.165, 1.54) is 27.8 Å². The molecule has 0 N–H and O–H groups in total. The molecule has 0 saturated carbocycles. The Hall–Kier alpha value is -2.90. The predicted molar refractivity (Wildman–Crippen MR) is 139 cm³/mol. The number of fused-ring (bicyclic) bond motifs is 4. The number of hydrogen-bond donors (Lipinski definition) is 0. The standard InChI is InChI=1S/C27H25N3O2S2/c1-17-14-19-10-5-6-12-21(19)30(17)23(31)16-33-27-28-25-24(20-11-7-13-22(20)34-25)26(32)29(27)15-18-8-3-2-4-9-18/h2-6,8-10,12,17H,7,11,13-16H2,1H3/t17-/m0/s1. The summed E-state index contributed by atoms with van der Waals surface area (Å²) in [5, 5.41) is 1.40. The highest BCUT2D eigenvalue weighted by atomic mass is 32.2. The molecule has 0 saturated heterocycles. The Morgan fingerprint density at radius 2 is 1.91 bits per heavy atom. The predicted octanol–water partition coefficient (Wildman–Crippen LogP) is 5.06. The van der Waals surface area contributed by atoms with Gasteiger partial charge in [0.15, 0.2) is 5.16 Å². The summed E-state index contributed by atoms with van der Waals surface area (Å²) in [6.45, 7) is 2.54. The van der Waals surface area contributed by atoms with Gasteiger partial charge >= 0.3 is 0 Å². The third kappa shape index (κ3) is 3.67. The molecule has 1 aliphatic carbocycles. The minimum atomic E-state index is 0.0167. The van der Waals surface area contributed by atoms with Crippen molar-refractivity contribution < 1.29 is 4.79 Å². The largest absolute Gasteiger partial charge is 0.308 e. The van der Waals surface area contributed by atoms with E-state index in [4.69, 9.17) is 4.98 Å². The summed E-state index contributed by atoms with van der Waals surface area (Å²) in [4.78, 5) is 36.0. The number of benzene rings is 2. The third-order valence-corrected chi connectivity index (χ3v) is 8.92. The van der Waals surface area contributed by atoms with Crippen molar-refractivity contribution in [3.05, 3.63) is 86.5 Å². The van der Waals surface area contributed by atoms with Crippen molar-refractivity contribution in [3.63, 3.8) is 0 Å². The lowest BCUT2D eigenvalue weighted by Gasteiger charge is -2.22. The van der Waals surface area contributed by atoms with E-state index in [-0.39, 0.29) is 23.3 Å². The first kappa shape index (κ1) is 21.6. The van der Waals surface area contributed by atoms with Gasteiger partial charge in [-0.15, -0.1) is 11.3 Å². The van der Waals surface area contributed by atoms with E-state index in [9.17, 15) is 9.59 Å². The maximum absolute atomic E-state index is 13.7. The zero-order chi connectivity index (χ0) is 23.2. The number of carbonyl (C=O) groups excluding carboxylic acids is 1. The number of thiophene rings is 1. The monoisotopic (exact) mass is 487 g/mol. The molecule has 5 nitrogen and oxygen atoms in total. The Balaban J connectivity index is 1.35. The van der Waals surface area contributed by atoms with Gasteiger partial charge in [0, 0.05) is 16.6 Å². The number of nitrogens with zero attached hydrogens (tertiary/aromatic N) is 3. The topological polar surface area (TPSA) is 55.2 Å². The van der Waals surface area contributed by atoms with Crippen LogP contribution in [0.1, 0.15) is 34.9 Å². The van der Waals surface area contributed by atoms with Crippen LogP contribution in [0.2, 0.25) is 0 Å². The maximum atomic E-state index is 13.7. The number of rotatable bonds is 5. The Morgan fingerprint density at radius 1 is 1.12 bits per heavy atom. The van der Waals surface area contributed by atoms with Gasteiger partial charge in [-0.2, -0.15) is 0 Å². The Bertz CT molecular complexity index is 1460. The number of carbonyl (C=O) groups is 1. The molecule has 3 heterocycles. The van der Waals surface area contributed by atoms with E-state index in [0.717, 1.165) is 47.2 Å². The Labute approximate surface area is 206 Å². The maximum Gasteiger partial charge on any atom is 0.263 e. The first-order chi connectivity index (χ1) is 16.6. The molecule has 2 aromatic heterocycles. The van der Waals surface area contributed by atoms with E-state index in [1.54, 1.807) is 15.9 Å². The molecule has 1 atom stereocenters. The highest BCUT2D eigenvalue weighted by molar-refractivity contribution is 7.99. The van der Waals surface area contributed by atoms with Crippen LogP contribution in [0.15, 0.2) is 64.5 Å². The average molecular weight is 488 g/mol. The van der Waals surface area contributed by atoms with E-state index < -0.39 is 0 Å². The zero-order valence-electron chi connectivity index (χ0n) is 19.0. The summed E-state index contributed by atoms with van der Waals surface area (Å²) >= 11 is 3.02. The van der Waals surface area contributed by atoms with Gasteiger partial charge in [0.25, 0.3) is 5.56 Å². The van der Waals surface area contributed by atoms with Crippen LogP contribution in [0, 0.1) is 0 Å².